The maximum atomic E-state index is 12.2. The summed E-state index contributed by atoms with van der Waals surface area (Å²) in [5.41, 5.74) is 0. The van der Waals surface area contributed by atoms with Crippen molar-refractivity contribution >= 4 is 17.2 Å². The van der Waals surface area contributed by atoms with Gasteiger partial charge in [-0.15, -0.1) is 11.3 Å². The predicted octanol–water partition coefficient (Wildman–Crippen LogP) is 2.14. The Labute approximate surface area is 123 Å². The van der Waals surface area contributed by atoms with Crippen molar-refractivity contribution < 1.29 is 9.90 Å². The van der Waals surface area contributed by atoms with E-state index in [2.05, 4.69) is 17.2 Å². The standard InChI is InChI=1S/C16H19NO2S/c18-9-3-4-11-7-8-12(20-11)10-17-16(19)15-13-5-1-2-6-14(13)15/h7-8,13-15,18H,1-2,5-6,9-10H2,(H,17,19). The molecule has 4 heteroatoms. The van der Waals surface area contributed by atoms with Crippen LogP contribution in [0.25, 0.3) is 0 Å². The zero-order valence-corrected chi connectivity index (χ0v) is 12.2. The van der Waals surface area contributed by atoms with Crippen molar-refractivity contribution in [3.8, 4) is 11.8 Å². The van der Waals surface area contributed by atoms with Crippen LogP contribution in [0.5, 0.6) is 0 Å². The zero-order chi connectivity index (χ0) is 13.9. The Bertz CT molecular complexity index is 542. The molecule has 0 saturated heterocycles. The molecule has 2 fully saturated rings. The molecule has 20 heavy (non-hydrogen) atoms. The minimum atomic E-state index is -0.117. The fraction of sp³-hybridized carbons (Fsp3) is 0.562. The summed E-state index contributed by atoms with van der Waals surface area (Å²) in [6, 6.07) is 3.93. The van der Waals surface area contributed by atoms with Crippen LogP contribution in [0.2, 0.25) is 0 Å². The fourth-order valence-corrected chi connectivity index (χ4v) is 4.16. The van der Waals surface area contributed by atoms with Gasteiger partial charge in [-0.3, -0.25) is 4.79 Å². The fourth-order valence-electron chi connectivity index (χ4n) is 3.34. The lowest BCUT2D eigenvalue weighted by Crippen LogP contribution is -2.25. The summed E-state index contributed by atoms with van der Waals surface area (Å²) < 4.78 is 0. The molecular weight excluding hydrogens is 270 g/mol. The molecule has 2 saturated carbocycles. The normalized spacial score (nSPS) is 27.1. The topological polar surface area (TPSA) is 49.3 Å². The molecular formula is C16H19NO2S. The molecule has 2 aliphatic rings. The van der Waals surface area contributed by atoms with Crippen LogP contribution in [0.15, 0.2) is 12.1 Å². The molecule has 106 valence electrons. The maximum absolute atomic E-state index is 12.2. The first-order valence-electron chi connectivity index (χ1n) is 7.26. The van der Waals surface area contributed by atoms with E-state index < -0.39 is 0 Å². The number of carbonyl (C=O) groups excluding carboxylic acids is 1. The van der Waals surface area contributed by atoms with Gasteiger partial charge >= 0.3 is 0 Å². The summed E-state index contributed by atoms with van der Waals surface area (Å²) in [6.45, 7) is 0.481. The Balaban J connectivity index is 1.49. The predicted molar refractivity (Wildman–Crippen MR) is 79.1 cm³/mol. The number of hydrogen-bond acceptors (Lipinski definition) is 3. The first-order chi connectivity index (χ1) is 9.79. The van der Waals surface area contributed by atoms with E-state index in [1.54, 1.807) is 11.3 Å². The quantitative estimate of drug-likeness (QED) is 0.838. The molecule has 2 aliphatic carbocycles. The van der Waals surface area contributed by atoms with Gasteiger partial charge in [0.25, 0.3) is 0 Å². The third-order valence-electron chi connectivity index (χ3n) is 4.35. The second kappa shape index (κ2) is 5.99. The van der Waals surface area contributed by atoms with Gasteiger partial charge in [0, 0.05) is 10.8 Å². The minimum absolute atomic E-state index is 0.117. The Kier molecular flexibility index (Phi) is 4.09. The molecule has 2 atom stereocenters. The molecule has 2 unspecified atom stereocenters. The molecule has 1 heterocycles. The third kappa shape index (κ3) is 2.89. The van der Waals surface area contributed by atoms with Gasteiger partial charge in [0.15, 0.2) is 0 Å². The highest BCUT2D eigenvalue weighted by atomic mass is 32.1. The molecule has 3 nitrogen and oxygen atoms in total. The first kappa shape index (κ1) is 13.7. The number of amides is 1. The van der Waals surface area contributed by atoms with Crippen LogP contribution in [0.1, 0.15) is 35.4 Å². The van der Waals surface area contributed by atoms with Crippen molar-refractivity contribution in [2.45, 2.75) is 32.2 Å². The summed E-state index contributed by atoms with van der Waals surface area (Å²) in [7, 11) is 0. The zero-order valence-electron chi connectivity index (χ0n) is 11.4. The van der Waals surface area contributed by atoms with Gasteiger partial charge in [0.2, 0.25) is 5.91 Å². The van der Waals surface area contributed by atoms with Crippen LogP contribution >= 0.6 is 11.3 Å². The molecule has 0 bridgehead atoms. The van der Waals surface area contributed by atoms with Gasteiger partial charge in [0.1, 0.15) is 6.61 Å². The monoisotopic (exact) mass is 289 g/mol. The van der Waals surface area contributed by atoms with Crippen LogP contribution < -0.4 is 5.32 Å². The smallest absolute Gasteiger partial charge is 0.223 e. The Hall–Kier alpha value is -1.31. The number of rotatable bonds is 3. The van der Waals surface area contributed by atoms with Gasteiger partial charge in [-0.1, -0.05) is 24.7 Å². The van der Waals surface area contributed by atoms with Crippen molar-refractivity contribution in [1.29, 1.82) is 0 Å². The Morgan fingerprint density at radius 2 is 2.10 bits per heavy atom. The SMILES string of the molecule is O=C(NCc1ccc(C#CCO)s1)C1C2CCCCC21. The molecule has 2 N–H and O–H groups in total. The lowest BCUT2D eigenvalue weighted by molar-refractivity contribution is -0.123. The number of aliphatic hydroxyl groups excluding tert-OH is 1. The molecule has 1 aromatic rings. The van der Waals surface area contributed by atoms with E-state index in [-0.39, 0.29) is 18.4 Å². The number of nitrogens with one attached hydrogen (secondary N) is 1. The Morgan fingerprint density at radius 1 is 1.35 bits per heavy atom. The molecule has 0 aromatic carbocycles. The average molecular weight is 289 g/mol. The number of carbonyl (C=O) groups is 1. The van der Waals surface area contributed by atoms with E-state index >= 15 is 0 Å². The van der Waals surface area contributed by atoms with E-state index in [0.29, 0.717) is 18.4 Å². The Morgan fingerprint density at radius 3 is 2.80 bits per heavy atom. The van der Waals surface area contributed by atoms with E-state index in [0.717, 1.165) is 9.75 Å². The van der Waals surface area contributed by atoms with Crippen molar-refractivity contribution in [2.75, 3.05) is 6.61 Å². The molecule has 0 spiro atoms. The second-order valence-electron chi connectivity index (χ2n) is 5.58. The lowest BCUT2D eigenvalue weighted by Gasteiger charge is -2.04. The van der Waals surface area contributed by atoms with E-state index in [9.17, 15) is 4.79 Å². The molecule has 0 aliphatic heterocycles. The van der Waals surface area contributed by atoms with Crippen LogP contribution in [-0.2, 0) is 11.3 Å². The first-order valence-corrected chi connectivity index (χ1v) is 8.07. The van der Waals surface area contributed by atoms with Gasteiger partial charge < -0.3 is 10.4 Å². The van der Waals surface area contributed by atoms with Gasteiger partial charge in [0.05, 0.1) is 11.4 Å². The summed E-state index contributed by atoms with van der Waals surface area (Å²) in [5.74, 6) is 7.36. The third-order valence-corrected chi connectivity index (χ3v) is 5.35. The van der Waals surface area contributed by atoms with Crippen molar-refractivity contribution in [1.82, 2.24) is 5.32 Å². The summed E-state index contributed by atoms with van der Waals surface area (Å²) >= 11 is 1.57. The average Bonchev–Trinajstić information content (AvgIpc) is 3.03. The molecule has 1 aromatic heterocycles. The van der Waals surface area contributed by atoms with Crippen LogP contribution in [-0.4, -0.2) is 17.6 Å². The van der Waals surface area contributed by atoms with Crippen molar-refractivity contribution in [3.63, 3.8) is 0 Å². The second-order valence-corrected chi connectivity index (χ2v) is 6.75. The minimum Gasteiger partial charge on any atom is -0.384 e. The number of fused-ring (bicyclic) bond motifs is 1. The largest absolute Gasteiger partial charge is 0.384 e. The molecule has 0 radical (unpaired) electrons. The van der Waals surface area contributed by atoms with Crippen LogP contribution in [0.4, 0.5) is 0 Å². The van der Waals surface area contributed by atoms with Crippen molar-refractivity contribution in [3.05, 3.63) is 21.9 Å². The highest BCUT2D eigenvalue weighted by Gasteiger charge is 2.54. The van der Waals surface area contributed by atoms with Crippen LogP contribution in [0.3, 0.4) is 0 Å². The van der Waals surface area contributed by atoms with Crippen LogP contribution in [0, 0.1) is 29.6 Å². The highest BCUT2D eigenvalue weighted by Crippen LogP contribution is 2.55. The van der Waals surface area contributed by atoms with Gasteiger partial charge in [-0.2, -0.15) is 0 Å². The molecule has 1 amide bonds. The maximum Gasteiger partial charge on any atom is 0.223 e. The number of hydrogen-bond donors (Lipinski definition) is 2. The van der Waals surface area contributed by atoms with E-state index in [1.165, 1.54) is 25.7 Å². The van der Waals surface area contributed by atoms with Gasteiger partial charge in [-0.25, -0.2) is 0 Å². The summed E-state index contributed by atoms with van der Waals surface area (Å²) in [6.07, 6.45) is 5.07. The number of aliphatic hydroxyl groups is 1. The van der Waals surface area contributed by atoms with E-state index in [4.69, 9.17) is 5.11 Å². The lowest BCUT2D eigenvalue weighted by atomic mass is 10.0. The van der Waals surface area contributed by atoms with E-state index in [1.807, 2.05) is 12.1 Å². The van der Waals surface area contributed by atoms with Crippen molar-refractivity contribution in [2.24, 2.45) is 17.8 Å². The molecule has 3 rings (SSSR count). The summed E-state index contributed by atoms with van der Waals surface area (Å²) in [5, 5.41) is 11.7. The summed E-state index contributed by atoms with van der Waals surface area (Å²) in [4.78, 5) is 14.2. The van der Waals surface area contributed by atoms with Gasteiger partial charge in [-0.05, 0) is 36.8 Å². The number of thiophene rings is 1. The highest BCUT2D eigenvalue weighted by molar-refractivity contribution is 7.12.